The van der Waals surface area contributed by atoms with Crippen molar-refractivity contribution < 1.29 is 9.53 Å². The number of nitrogens with one attached hydrogen (secondary N) is 1. The fourth-order valence-corrected chi connectivity index (χ4v) is 2.69. The molecule has 1 aromatic heterocycles. The van der Waals surface area contributed by atoms with Gasteiger partial charge in [0.15, 0.2) is 6.10 Å². The standard InChI is InChI=1S/C16H16ClN3O3/c17-12-3-4-13-11(9-12)10-14(23-13)15(21)18-5-1-7-20-8-2-6-19-16(20)22/h2-4,6,8-9,14H,1,5,7,10H2,(H,18,21). The molecule has 0 spiro atoms. The summed E-state index contributed by atoms with van der Waals surface area (Å²) in [7, 11) is 0. The number of fused-ring (bicyclic) bond motifs is 1. The molecule has 0 saturated carbocycles. The Bertz CT molecular complexity index is 775. The Morgan fingerprint density at radius 3 is 3.17 bits per heavy atom. The Labute approximate surface area is 138 Å². The summed E-state index contributed by atoms with van der Waals surface area (Å²) in [5.74, 6) is 0.548. The van der Waals surface area contributed by atoms with Crippen LogP contribution in [0.15, 0.2) is 41.5 Å². The third-order valence-corrected chi connectivity index (χ3v) is 3.88. The molecule has 1 atom stereocenters. The molecule has 0 fully saturated rings. The molecule has 1 aromatic carbocycles. The van der Waals surface area contributed by atoms with E-state index >= 15 is 0 Å². The first-order chi connectivity index (χ1) is 11.1. The predicted molar refractivity (Wildman–Crippen MR) is 85.7 cm³/mol. The molecule has 120 valence electrons. The van der Waals surface area contributed by atoms with Crippen molar-refractivity contribution in [2.75, 3.05) is 6.54 Å². The van der Waals surface area contributed by atoms with Gasteiger partial charge in [0.25, 0.3) is 5.91 Å². The summed E-state index contributed by atoms with van der Waals surface area (Å²) in [5, 5.41) is 3.47. The molecular weight excluding hydrogens is 318 g/mol. The summed E-state index contributed by atoms with van der Waals surface area (Å²) in [6.45, 7) is 0.978. The van der Waals surface area contributed by atoms with Crippen molar-refractivity contribution in [1.29, 1.82) is 0 Å². The van der Waals surface area contributed by atoms with Gasteiger partial charge >= 0.3 is 5.69 Å². The Morgan fingerprint density at radius 2 is 2.35 bits per heavy atom. The van der Waals surface area contributed by atoms with Gasteiger partial charge in [-0.2, -0.15) is 0 Å². The average Bonchev–Trinajstić information content (AvgIpc) is 2.96. The lowest BCUT2D eigenvalue weighted by Crippen LogP contribution is -2.38. The lowest BCUT2D eigenvalue weighted by molar-refractivity contribution is -0.127. The Kier molecular flexibility index (Phi) is 4.62. The molecule has 1 aliphatic rings. The van der Waals surface area contributed by atoms with E-state index in [1.54, 1.807) is 24.4 Å². The molecule has 1 amide bonds. The monoisotopic (exact) mass is 333 g/mol. The van der Waals surface area contributed by atoms with E-state index in [1.807, 2.05) is 6.07 Å². The fraction of sp³-hybridized carbons (Fsp3) is 0.312. The van der Waals surface area contributed by atoms with Crippen LogP contribution in [0.4, 0.5) is 0 Å². The van der Waals surface area contributed by atoms with Crippen LogP contribution in [0.3, 0.4) is 0 Å². The number of aryl methyl sites for hydroxylation is 1. The van der Waals surface area contributed by atoms with E-state index in [1.165, 1.54) is 10.8 Å². The molecule has 23 heavy (non-hydrogen) atoms. The van der Waals surface area contributed by atoms with E-state index in [0.29, 0.717) is 36.7 Å². The second-order valence-electron chi connectivity index (χ2n) is 5.30. The first kappa shape index (κ1) is 15.6. The van der Waals surface area contributed by atoms with Crippen LogP contribution < -0.4 is 15.7 Å². The Morgan fingerprint density at radius 1 is 1.48 bits per heavy atom. The van der Waals surface area contributed by atoms with Gasteiger partial charge in [-0.15, -0.1) is 0 Å². The lowest BCUT2D eigenvalue weighted by atomic mass is 10.1. The van der Waals surface area contributed by atoms with Crippen LogP contribution >= 0.6 is 11.6 Å². The van der Waals surface area contributed by atoms with Gasteiger partial charge in [-0.25, -0.2) is 9.78 Å². The fourth-order valence-electron chi connectivity index (χ4n) is 2.50. The minimum absolute atomic E-state index is 0.157. The molecule has 6 nitrogen and oxygen atoms in total. The Hall–Kier alpha value is -2.34. The van der Waals surface area contributed by atoms with Crippen LogP contribution in [0, 0.1) is 0 Å². The smallest absolute Gasteiger partial charge is 0.347 e. The van der Waals surface area contributed by atoms with Crippen LogP contribution in [0.2, 0.25) is 5.02 Å². The van der Waals surface area contributed by atoms with Crippen molar-refractivity contribution in [3.63, 3.8) is 0 Å². The number of carbonyl (C=O) groups is 1. The van der Waals surface area contributed by atoms with E-state index in [-0.39, 0.29) is 11.6 Å². The molecule has 1 aliphatic heterocycles. The van der Waals surface area contributed by atoms with Crippen LogP contribution in [0.1, 0.15) is 12.0 Å². The average molecular weight is 334 g/mol. The van der Waals surface area contributed by atoms with Crippen LogP contribution in [-0.2, 0) is 17.8 Å². The van der Waals surface area contributed by atoms with E-state index in [0.717, 1.165) is 5.56 Å². The van der Waals surface area contributed by atoms with Crippen molar-refractivity contribution in [2.24, 2.45) is 0 Å². The summed E-state index contributed by atoms with van der Waals surface area (Å²) in [6, 6.07) is 7.04. The number of halogens is 1. The number of benzene rings is 1. The van der Waals surface area contributed by atoms with Gasteiger partial charge < -0.3 is 10.1 Å². The maximum absolute atomic E-state index is 12.1. The number of hydrogen-bond acceptors (Lipinski definition) is 4. The molecule has 1 N–H and O–H groups in total. The van der Waals surface area contributed by atoms with E-state index in [2.05, 4.69) is 10.3 Å². The SMILES string of the molecule is O=C(NCCCn1cccnc1=O)C1Cc2cc(Cl)ccc2O1. The van der Waals surface area contributed by atoms with Gasteiger partial charge in [0.05, 0.1) is 0 Å². The van der Waals surface area contributed by atoms with E-state index < -0.39 is 6.10 Å². The minimum atomic E-state index is -0.524. The van der Waals surface area contributed by atoms with Gasteiger partial charge in [0.1, 0.15) is 5.75 Å². The lowest BCUT2D eigenvalue weighted by Gasteiger charge is -2.11. The van der Waals surface area contributed by atoms with Gasteiger partial charge in [-0.1, -0.05) is 11.6 Å². The second-order valence-corrected chi connectivity index (χ2v) is 5.74. The first-order valence-electron chi connectivity index (χ1n) is 7.38. The zero-order valence-corrected chi connectivity index (χ0v) is 13.1. The summed E-state index contributed by atoms with van der Waals surface area (Å²) in [4.78, 5) is 27.2. The minimum Gasteiger partial charge on any atom is -0.480 e. The second kappa shape index (κ2) is 6.83. The topological polar surface area (TPSA) is 73.2 Å². The molecule has 0 bridgehead atoms. The normalized spacial score (nSPS) is 15.8. The van der Waals surface area contributed by atoms with Gasteiger partial charge in [0, 0.05) is 36.9 Å². The van der Waals surface area contributed by atoms with Gasteiger partial charge in [-0.05, 0) is 36.2 Å². The number of aromatic nitrogens is 2. The van der Waals surface area contributed by atoms with E-state index in [9.17, 15) is 9.59 Å². The van der Waals surface area contributed by atoms with Crippen LogP contribution in [0.25, 0.3) is 0 Å². The molecule has 3 rings (SSSR count). The molecule has 2 heterocycles. The molecule has 2 aromatic rings. The number of carbonyl (C=O) groups excluding carboxylic acids is 1. The number of ether oxygens (including phenoxy) is 1. The van der Waals surface area contributed by atoms with Crippen molar-refractivity contribution in [3.05, 3.63) is 57.7 Å². The molecular formula is C16H16ClN3O3. The molecule has 0 radical (unpaired) electrons. The molecule has 7 heteroatoms. The maximum Gasteiger partial charge on any atom is 0.347 e. The van der Waals surface area contributed by atoms with Crippen molar-refractivity contribution >= 4 is 17.5 Å². The predicted octanol–water partition coefficient (Wildman–Crippen LogP) is 1.41. The highest BCUT2D eigenvalue weighted by Gasteiger charge is 2.28. The zero-order valence-electron chi connectivity index (χ0n) is 12.4. The number of nitrogens with zero attached hydrogens (tertiary/aromatic N) is 2. The largest absolute Gasteiger partial charge is 0.480 e. The zero-order chi connectivity index (χ0) is 16.2. The summed E-state index contributed by atoms with van der Waals surface area (Å²) in [5.41, 5.74) is 0.657. The molecule has 0 aliphatic carbocycles. The van der Waals surface area contributed by atoms with E-state index in [4.69, 9.17) is 16.3 Å². The number of hydrogen-bond donors (Lipinski definition) is 1. The van der Waals surface area contributed by atoms with Crippen molar-refractivity contribution in [3.8, 4) is 5.75 Å². The highest BCUT2D eigenvalue weighted by atomic mass is 35.5. The quantitative estimate of drug-likeness (QED) is 0.840. The maximum atomic E-state index is 12.1. The Balaban J connectivity index is 1.46. The summed E-state index contributed by atoms with van der Waals surface area (Å²) < 4.78 is 7.13. The van der Waals surface area contributed by atoms with Crippen LogP contribution in [-0.4, -0.2) is 28.1 Å². The van der Waals surface area contributed by atoms with Gasteiger partial charge in [0.2, 0.25) is 0 Å². The first-order valence-corrected chi connectivity index (χ1v) is 7.75. The van der Waals surface area contributed by atoms with Crippen LogP contribution in [0.5, 0.6) is 5.75 Å². The third kappa shape index (κ3) is 3.71. The highest BCUT2D eigenvalue weighted by molar-refractivity contribution is 6.30. The van der Waals surface area contributed by atoms with Crippen molar-refractivity contribution in [2.45, 2.75) is 25.5 Å². The summed E-state index contributed by atoms with van der Waals surface area (Å²) >= 11 is 5.93. The van der Waals surface area contributed by atoms with Gasteiger partial charge in [-0.3, -0.25) is 9.36 Å². The third-order valence-electron chi connectivity index (χ3n) is 3.65. The number of amides is 1. The number of rotatable bonds is 5. The van der Waals surface area contributed by atoms with Crippen molar-refractivity contribution in [1.82, 2.24) is 14.9 Å². The summed E-state index contributed by atoms with van der Waals surface area (Å²) in [6.07, 6.45) is 3.77. The molecule has 1 unspecified atom stereocenters. The highest BCUT2D eigenvalue weighted by Crippen LogP contribution is 2.31. The molecule has 0 saturated heterocycles.